The first-order chi connectivity index (χ1) is 14.7. The Labute approximate surface area is 177 Å². The van der Waals surface area contributed by atoms with Crippen molar-refractivity contribution < 1.29 is 18.9 Å². The highest BCUT2D eigenvalue weighted by atomic mass is 16.5. The van der Waals surface area contributed by atoms with E-state index in [0.717, 1.165) is 41.7 Å². The smallest absolute Gasteiger partial charge is 0.144 e. The first-order valence-electron chi connectivity index (χ1n) is 10.1. The number of hydrogen-bond acceptors (Lipinski definition) is 5. The van der Waals surface area contributed by atoms with Crippen LogP contribution < -0.4 is 14.2 Å². The van der Waals surface area contributed by atoms with E-state index < -0.39 is 0 Å². The molecule has 1 heterocycles. The summed E-state index contributed by atoms with van der Waals surface area (Å²) >= 11 is 0. The van der Waals surface area contributed by atoms with Crippen molar-refractivity contribution in [2.24, 2.45) is 0 Å². The van der Waals surface area contributed by atoms with E-state index in [4.69, 9.17) is 18.9 Å². The highest BCUT2D eigenvalue weighted by molar-refractivity contribution is 5.46. The molecule has 3 aromatic carbocycles. The van der Waals surface area contributed by atoms with Crippen LogP contribution in [0.2, 0.25) is 0 Å². The minimum atomic E-state index is -0.230. The molecular weight excluding hydrogens is 378 g/mol. The zero-order valence-electron chi connectivity index (χ0n) is 17.6. The van der Waals surface area contributed by atoms with Crippen LogP contribution in [0.25, 0.3) is 0 Å². The van der Waals surface area contributed by atoms with E-state index in [9.17, 15) is 0 Å². The van der Waals surface area contributed by atoms with Gasteiger partial charge in [-0.2, -0.15) is 0 Å². The van der Waals surface area contributed by atoms with Crippen LogP contribution >= 0.6 is 0 Å². The summed E-state index contributed by atoms with van der Waals surface area (Å²) in [7, 11) is 3.35. The van der Waals surface area contributed by atoms with Crippen molar-refractivity contribution in [3.8, 4) is 23.0 Å². The van der Waals surface area contributed by atoms with Gasteiger partial charge in [0.2, 0.25) is 0 Å². The molecule has 0 bridgehead atoms. The van der Waals surface area contributed by atoms with Crippen molar-refractivity contribution in [3.63, 3.8) is 0 Å². The average molecular weight is 405 g/mol. The van der Waals surface area contributed by atoms with Crippen LogP contribution in [0.3, 0.4) is 0 Å². The Bertz CT molecular complexity index is 936. The maximum atomic E-state index is 6.26. The molecule has 5 heteroatoms. The van der Waals surface area contributed by atoms with Crippen LogP contribution in [-0.2, 0) is 11.3 Å². The standard InChI is InChI=1S/C25H27NO4/c1-18-16-26(25(29-18)24-22(27-2)10-7-11-23(24)28-3)17-19-12-14-21(15-13-19)30-20-8-5-4-6-9-20/h4-15,18,25H,16-17H2,1-3H3/t18?,25-/m0/s1. The molecule has 0 amide bonds. The van der Waals surface area contributed by atoms with Gasteiger partial charge in [0.05, 0.1) is 25.9 Å². The number of rotatable bonds is 7. The Hall–Kier alpha value is -3.02. The quantitative estimate of drug-likeness (QED) is 0.525. The minimum absolute atomic E-state index is 0.116. The summed E-state index contributed by atoms with van der Waals surface area (Å²) in [6, 6.07) is 23.8. The monoisotopic (exact) mass is 405 g/mol. The number of ether oxygens (including phenoxy) is 4. The first-order valence-corrected chi connectivity index (χ1v) is 10.1. The van der Waals surface area contributed by atoms with Crippen LogP contribution in [0.1, 0.15) is 24.3 Å². The lowest BCUT2D eigenvalue weighted by Crippen LogP contribution is -2.24. The molecule has 2 atom stereocenters. The van der Waals surface area contributed by atoms with Gasteiger partial charge in [0.25, 0.3) is 0 Å². The fourth-order valence-corrected chi connectivity index (χ4v) is 3.82. The molecular formula is C25H27NO4. The molecule has 1 fully saturated rings. The summed E-state index contributed by atoms with van der Waals surface area (Å²) in [5.41, 5.74) is 2.11. The van der Waals surface area contributed by atoms with Gasteiger partial charge in [0, 0.05) is 13.1 Å². The predicted octanol–water partition coefficient (Wildman–Crippen LogP) is 5.42. The van der Waals surface area contributed by atoms with Crippen molar-refractivity contribution in [2.75, 3.05) is 20.8 Å². The van der Waals surface area contributed by atoms with Gasteiger partial charge in [0.1, 0.15) is 29.2 Å². The first kappa shape index (κ1) is 20.3. The van der Waals surface area contributed by atoms with Crippen molar-refractivity contribution >= 4 is 0 Å². The van der Waals surface area contributed by atoms with Crippen LogP contribution in [0.15, 0.2) is 72.8 Å². The van der Waals surface area contributed by atoms with Crippen LogP contribution in [0.4, 0.5) is 0 Å². The van der Waals surface area contributed by atoms with Crippen molar-refractivity contribution in [1.82, 2.24) is 4.90 Å². The van der Waals surface area contributed by atoms with E-state index in [1.165, 1.54) is 5.56 Å². The molecule has 1 unspecified atom stereocenters. The van der Waals surface area contributed by atoms with Crippen LogP contribution in [-0.4, -0.2) is 31.8 Å². The zero-order chi connectivity index (χ0) is 20.9. The molecule has 1 aliphatic rings. The Morgan fingerprint density at radius 3 is 2.10 bits per heavy atom. The summed E-state index contributed by atoms with van der Waals surface area (Å²) in [6.45, 7) is 3.67. The maximum absolute atomic E-state index is 6.26. The number of methoxy groups -OCH3 is 2. The molecule has 0 saturated carbocycles. The summed E-state index contributed by atoms with van der Waals surface area (Å²) in [6.07, 6.45) is -0.114. The van der Waals surface area contributed by atoms with Gasteiger partial charge in [-0.05, 0) is 48.9 Å². The lowest BCUT2D eigenvalue weighted by molar-refractivity contribution is -0.00143. The van der Waals surface area contributed by atoms with Gasteiger partial charge in [-0.3, -0.25) is 4.90 Å². The molecule has 0 N–H and O–H groups in total. The Balaban J connectivity index is 1.52. The summed E-state index contributed by atoms with van der Waals surface area (Å²) in [5.74, 6) is 3.18. The zero-order valence-corrected chi connectivity index (χ0v) is 17.6. The molecule has 0 aliphatic carbocycles. The number of benzene rings is 3. The van der Waals surface area contributed by atoms with E-state index in [1.807, 2.05) is 60.7 Å². The summed E-state index contributed by atoms with van der Waals surface area (Å²) < 4.78 is 23.4. The lowest BCUT2D eigenvalue weighted by atomic mass is 10.1. The molecule has 1 saturated heterocycles. The van der Waals surface area contributed by atoms with Gasteiger partial charge in [0.15, 0.2) is 0 Å². The molecule has 0 spiro atoms. The van der Waals surface area contributed by atoms with Gasteiger partial charge >= 0.3 is 0 Å². The van der Waals surface area contributed by atoms with Crippen molar-refractivity contribution in [3.05, 3.63) is 83.9 Å². The second kappa shape index (κ2) is 9.20. The van der Waals surface area contributed by atoms with E-state index in [2.05, 4.69) is 24.0 Å². The highest BCUT2D eigenvalue weighted by Gasteiger charge is 2.35. The van der Waals surface area contributed by atoms with E-state index >= 15 is 0 Å². The van der Waals surface area contributed by atoms with E-state index in [-0.39, 0.29) is 12.3 Å². The second-order valence-corrected chi connectivity index (χ2v) is 7.36. The minimum Gasteiger partial charge on any atom is -0.496 e. The highest BCUT2D eigenvalue weighted by Crippen LogP contribution is 2.41. The fraction of sp³-hybridized carbons (Fsp3) is 0.280. The Kier molecular flexibility index (Phi) is 6.21. The summed E-state index contributed by atoms with van der Waals surface area (Å²) in [5, 5.41) is 0. The van der Waals surface area contributed by atoms with Gasteiger partial charge in [-0.15, -0.1) is 0 Å². The molecule has 0 radical (unpaired) electrons. The summed E-state index contributed by atoms with van der Waals surface area (Å²) in [4.78, 5) is 2.30. The lowest BCUT2D eigenvalue weighted by Gasteiger charge is -2.26. The molecule has 4 rings (SSSR count). The Morgan fingerprint density at radius 1 is 0.833 bits per heavy atom. The maximum Gasteiger partial charge on any atom is 0.144 e. The number of nitrogens with zero attached hydrogens (tertiary/aromatic N) is 1. The van der Waals surface area contributed by atoms with Crippen molar-refractivity contribution in [1.29, 1.82) is 0 Å². The molecule has 30 heavy (non-hydrogen) atoms. The predicted molar refractivity (Wildman–Crippen MR) is 116 cm³/mol. The fourth-order valence-electron chi connectivity index (χ4n) is 3.82. The van der Waals surface area contributed by atoms with E-state index in [1.54, 1.807) is 14.2 Å². The molecule has 5 nitrogen and oxygen atoms in total. The van der Waals surface area contributed by atoms with Gasteiger partial charge in [-0.1, -0.05) is 36.4 Å². The average Bonchev–Trinajstić information content (AvgIpc) is 3.14. The third-order valence-electron chi connectivity index (χ3n) is 5.19. The largest absolute Gasteiger partial charge is 0.496 e. The van der Waals surface area contributed by atoms with Gasteiger partial charge in [-0.25, -0.2) is 0 Å². The Morgan fingerprint density at radius 2 is 1.47 bits per heavy atom. The topological polar surface area (TPSA) is 40.2 Å². The SMILES string of the molecule is COc1cccc(OC)c1[C@@H]1OC(C)CN1Cc1ccc(Oc2ccccc2)cc1. The third-order valence-corrected chi connectivity index (χ3v) is 5.19. The van der Waals surface area contributed by atoms with Crippen molar-refractivity contribution in [2.45, 2.75) is 25.8 Å². The van der Waals surface area contributed by atoms with Crippen LogP contribution in [0, 0.1) is 0 Å². The van der Waals surface area contributed by atoms with Crippen LogP contribution in [0.5, 0.6) is 23.0 Å². The molecule has 1 aliphatic heterocycles. The normalized spacial score (nSPS) is 18.9. The van der Waals surface area contributed by atoms with Gasteiger partial charge < -0.3 is 18.9 Å². The molecule has 156 valence electrons. The molecule has 0 aromatic heterocycles. The third kappa shape index (κ3) is 4.42. The number of hydrogen-bond donors (Lipinski definition) is 0. The number of para-hydroxylation sites is 1. The molecule has 3 aromatic rings. The second-order valence-electron chi connectivity index (χ2n) is 7.36. The van der Waals surface area contributed by atoms with E-state index in [0.29, 0.717) is 0 Å².